The summed E-state index contributed by atoms with van der Waals surface area (Å²) in [5.41, 5.74) is 4.87. The van der Waals surface area contributed by atoms with Gasteiger partial charge in [-0.1, -0.05) is 6.08 Å². The number of allylic oxidation sites excluding steroid dienone is 2. The van der Waals surface area contributed by atoms with Gasteiger partial charge in [0.05, 0.1) is 22.5 Å². The maximum Gasteiger partial charge on any atom is 0.490 e. The van der Waals surface area contributed by atoms with Crippen molar-refractivity contribution in [1.29, 1.82) is 0 Å². The molecule has 0 bridgehead atoms. The minimum Gasteiger partial charge on any atom is -0.476 e. The van der Waals surface area contributed by atoms with E-state index in [2.05, 4.69) is 38.8 Å². The predicted molar refractivity (Wildman–Crippen MR) is 118 cm³/mol. The van der Waals surface area contributed by atoms with Crippen molar-refractivity contribution in [1.82, 2.24) is 0 Å². The Morgan fingerprint density at radius 1 is 1.30 bits per heavy atom. The molecule has 4 N–H and O–H groups in total. The second kappa shape index (κ2) is 7.66. The highest BCUT2D eigenvalue weighted by molar-refractivity contribution is 6.54. The van der Waals surface area contributed by atoms with E-state index in [9.17, 15) is 10.2 Å². The molecule has 0 amide bonds. The molecule has 0 radical (unpaired) electrons. The van der Waals surface area contributed by atoms with Crippen LogP contribution in [0.2, 0.25) is 0 Å². The molecule has 3 unspecified atom stereocenters. The number of nitrogens with two attached hydrogens (primary N) is 1. The summed E-state index contributed by atoms with van der Waals surface area (Å²) in [6.07, 6.45) is 5.80. The van der Waals surface area contributed by atoms with Crippen LogP contribution in [0.5, 0.6) is 0 Å². The monoisotopic (exact) mass is 420 g/mol. The molecule has 7 nitrogen and oxygen atoms in total. The van der Waals surface area contributed by atoms with Gasteiger partial charge in [0.15, 0.2) is 5.88 Å². The Bertz CT molecular complexity index is 752. The molecule has 3 atom stereocenters. The molecule has 0 aromatic heterocycles. The molecule has 0 aromatic carbocycles. The van der Waals surface area contributed by atoms with E-state index in [1.54, 1.807) is 27.0 Å². The normalized spacial score (nSPS) is 33.6. The molecule has 1 saturated carbocycles. The van der Waals surface area contributed by atoms with Crippen molar-refractivity contribution in [3.8, 4) is 0 Å². The third-order valence-corrected chi connectivity index (χ3v) is 6.85. The van der Waals surface area contributed by atoms with Gasteiger partial charge >= 0.3 is 7.12 Å². The molecule has 2 aliphatic carbocycles. The van der Waals surface area contributed by atoms with E-state index in [1.165, 1.54) is 5.47 Å². The lowest BCUT2D eigenvalue weighted by Crippen LogP contribution is -2.41. The van der Waals surface area contributed by atoms with Gasteiger partial charge in [-0.25, -0.2) is 0 Å². The van der Waals surface area contributed by atoms with Crippen LogP contribution < -0.4 is 5.73 Å². The molecule has 30 heavy (non-hydrogen) atoms. The number of ether oxygens (including phenoxy) is 1. The predicted octanol–water partition coefficient (Wildman–Crippen LogP) is 2.36. The first-order valence-electron chi connectivity index (χ1n) is 10.7. The van der Waals surface area contributed by atoms with E-state index in [0.717, 1.165) is 6.42 Å². The SMILES string of the molecule is CN=C(/C=C(\N)OCC(C)(C)O)C1(O)CC2C=C(B3OC(C)(C)C(C)(C)O3)CC2C1. The molecule has 0 aromatic rings. The smallest absolute Gasteiger partial charge is 0.476 e. The minimum atomic E-state index is -1.05. The summed E-state index contributed by atoms with van der Waals surface area (Å²) in [4.78, 5) is 4.29. The number of hydrogen-bond donors (Lipinski definition) is 3. The van der Waals surface area contributed by atoms with Crippen molar-refractivity contribution < 1.29 is 24.3 Å². The first-order chi connectivity index (χ1) is 13.7. The number of rotatable bonds is 6. The average Bonchev–Trinajstić information content (AvgIpc) is 3.17. The van der Waals surface area contributed by atoms with Crippen LogP contribution in [0.3, 0.4) is 0 Å². The summed E-state index contributed by atoms with van der Waals surface area (Å²) >= 11 is 0. The summed E-state index contributed by atoms with van der Waals surface area (Å²) in [6, 6.07) is 0. The molecule has 1 heterocycles. The van der Waals surface area contributed by atoms with Gasteiger partial charge in [0.1, 0.15) is 12.2 Å². The van der Waals surface area contributed by atoms with Gasteiger partial charge in [-0.05, 0) is 78.1 Å². The van der Waals surface area contributed by atoms with Crippen LogP contribution in [-0.4, -0.2) is 59.1 Å². The fourth-order valence-electron chi connectivity index (χ4n) is 4.51. The molecule has 8 heteroatoms. The fourth-order valence-corrected chi connectivity index (χ4v) is 4.51. The second-order valence-electron chi connectivity index (χ2n) is 10.7. The third kappa shape index (κ3) is 4.62. The maximum atomic E-state index is 11.3. The Morgan fingerprint density at radius 3 is 2.40 bits per heavy atom. The zero-order valence-electron chi connectivity index (χ0n) is 19.4. The van der Waals surface area contributed by atoms with Crippen molar-refractivity contribution in [2.45, 2.75) is 83.2 Å². The molecular formula is C22H37BN2O5. The largest absolute Gasteiger partial charge is 0.490 e. The van der Waals surface area contributed by atoms with Crippen molar-refractivity contribution >= 4 is 12.8 Å². The van der Waals surface area contributed by atoms with E-state index in [1.807, 2.05) is 0 Å². The number of hydrogen-bond acceptors (Lipinski definition) is 7. The van der Waals surface area contributed by atoms with Gasteiger partial charge in [0, 0.05) is 13.1 Å². The Morgan fingerprint density at radius 2 is 1.90 bits per heavy atom. The van der Waals surface area contributed by atoms with Crippen LogP contribution in [0, 0.1) is 11.8 Å². The summed E-state index contributed by atoms with van der Waals surface area (Å²) in [5.74, 6) is 0.692. The van der Waals surface area contributed by atoms with Crippen LogP contribution >= 0.6 is 0 Å². The maximum absolute atomic E-state index is 11.3. The number of aliphatic hydroxyl groups is 2. The minimum absolute atomic E-state index is 0.0657. The second-order valence-corrected chi connectivity index (χ2v) is 10.7. The quantitative estimate of drug-likeness (QED) is 0.346. The molecule has 2 fully saturated rings. The zero-order valence-corrected chi connectivity index (χ0v) is 19.4. The molecular weight excluding hydrogens is 383 g/mol. The van der Waals surface area contributed by atoms with E-state index >= 15 is 0 Å². The van der Waals surface area contributed by atoms with Gasteiger partial charge in [0.2, 0.25) is 0 Å². The number of aliphatic imine (C=N–C) groups is 1. The lowest BCUT2D eigenvalue weighted by atomic mass is 9.76. The van der Waals surface area contributed by atoms with Gasteiger partial charge in [-0.2, -0.15) is 0 Å². The Balaban J connectivity index is 1.68. The molecule has 1 saturated heterocycles. The van der Waals surface area contributed by atoms with Crippen LogP contribution in [0.1, 0.15) is 60.8 Å². The van der Waals surface area contributed by atoms with E-state index < -0.39 is 11.2 Å². The van der Waals surface area contributed by atoms with E-state index in [0.29, 0.717) is 24.5 Å². The fraction of sp³-hybridized carbons (Fsp3) is 0.773. The lowest BCUT2D eigenvalue weighted by Gasteiger charge is -2.32. The Kier molecular flexibility index (Phi) is 5.95. The van der Waals surface area contributed by atoms with Crippen LogP contribution in [-0.2, 0) is 14.0 Å². The van der Waals surface area contributed by atoms with Gasteiger partial charge < -0.3 is 30.0 Å². The van der Waals surface area contributed by atoms with E-state index in [4.69, 9.17) is 19.8 Å². The summed E-state index contributed by atoms with van der Waals surface area (Å²) < 4.78 is 17.8. The highest BCUT2D eigenvalue weighted by Crippen LogP contribution is 2.50. The molecule has 3 aliphatic rings. The third-order valence-electron chi connectivity index (χ3n) is 6.85. The zero-order chi connectivity index (χ0) is 22.5. The molecule has 1 aliphatic heterocycles. The van der Waals surface area contributed by atoms with Crippen LogP contribution in [0.4, 0.5) is 0 Å². The molecule has 0 spiro atoms. The number of fused-ring (bicyclic) bond motifs is 1. The van der Waals surface area contributed by atoms with Crippen molar-refractivity contribution in [2.75, 3.05) is 13.7 Å². The van der Waals surface area contributed by atoms with Crippen molar-refractivity contribution in [3.63, 3.8) is 0 Å². The van der Waals surface area contributed by atoms with E-state index in [-0.39, 0.29) is 36.7 Å². The van der Waals surface area contributed by atoms with Gasteiger partial charge in [-0.15, -0.1) is 0 Å². The van der Waals surface area contributed by atoms with Gasteiger partial charge in [-0.3, -0.25) is 4.99 Å². The molecule has 168 valence electrons. The van der Waals surface area contributed by atoms with Gasteiger partial charge in [0.25, 0.3) is 0 Å². The Hall–Kier alpha value is -1.35. The summed E-state index contributed by atoms with van der Waals surface area (Å²) in [5, 5.41) is 21.1. The first-order valence-corrected chi connectivity index (χ1v) is 10.7. The Labute approximate surface area is 180 Å². The van der Waals surface area contributed by atoms with Crippen LogP contribution in [0.15, 0.2) is 28.5 Å². The standard InChI is InChI=1S/C22H37BN2O5/c1-19(2,26)13-28-18(24)10-17(25-7)22(27)11-14-8-16(9-15(14)12-22)23-29-20(3,4)21(5,6)30-23/h8,10,14-15,26-27H,9,11-13,24H2,1-7H3/b18-10+,25-17?. The summed E-state index contributed by atoms with van der Waals surface area (Å²) in [6.45, 7) is 11.6. The lowest BCUT2D eigenvalue weighted by molar-refractivity contribution is 0.00239. The van der Waals surface area contributed by atoms with Crippen molar-refractivity contribution in [2.24, 2.45) is 22.6 Å². The highest BCUT2D eigenvalue weighted by atomic mass is 16.7. The number of nitrogens with zero attached hydrogens (tertiary/aromatic N) is 1. The average molecular weight is 420 g/mol. The molecule has 3 rings (SSSR count). The highest BCUT2D eigenvalue weighted by Gasteiger charge is 2.55. The van der Waals surface area contributed by atoms with Crippen LogP contribution in [0.25, 0.3) is 0 Å². The summed E-state index contributed by atoms with van der Waals surface area (Å²) in [7, 11) is 1.33. The topological polar surface area (TPSA) is 107 Å². The van der Waals surface area contributed by atoms with Crippen molar-refractivity contribution in [3.05, 3.63) is 23.5 Å². The first kappa shape index (κ1) is 23.3.